The number of nitro groups is 1. The van der Waals surface area contributed by atoms with Crippen molar-refractivity contribution in [3.05, 3.63) is 46.1 Å². The molecule has 24 heavy (non-hydrogen) atoms. The van der Waals surface area contributed by atoms with Gasteiger partial charge in [-0.3, -0.25) is 10.1 Å². The lowest BCUT2D eigenvalue weighted by atomic mass is 9.90. The Balaban J connectivity index is 2.20. The number of nitro benzene ring substituents is 1. The van der Waals surface area contributed by atoms with Gasteiger partial charge >= 0.3 is 0 Å². The summed E-state index contributed by atoms with van der Waals surface area (Å²) in [5.41, 5.74) is 1.51. The van der Waals surface area contributed by atoms with Gasteiger partial charge in [0.25, 0.3) is 5.69 Å². The van der Waals surface area contributed by atoms with Gasteiger partial charge in [-0.1, -0.05) is 13.8 Å². The fourth-order valence-electron chi connectivity index (χ4n) is 2.24. The fourth-order valence-corrected chi connectivity index (χ4v) is 2.24. The zero-order chi connectivity index (χ0) is 17.7. The number of benzene rings is 1. The van der Waals surface area contributed by atoms with Crippen LogP contribution in [0.15, 0.2) is 30.3 Å². The average Bonchev–Trinajstić information content (AvgIpc) is 2.52. The third-order valence-corrected chi connectivity index (χ3v) is 3.73. The number of rotatable bonds is 7. The zero-order valence-corrected chi connectivity index (χ0v) is 14.1. The van der Waals surface area contributed by atoms with Gasteiger partial charge < -0.3 is 10.4 Å². The van der Waals surface area contributed by atoms with Crippen LogP contribution in [0.25, 0.3) is 11.4 Å². The fraction of sp³-hybridized carbons (Fsp3) is 0.412. The second-order valence-electron chi connectivity index (χ2n) is 6.51. The van der Waals surface area contributed by atoms with Gasteiger partial charge in [0.1, 0.15) is 5.82 Å². The minimum atomic E-state index is -0.433. The number of nitrogens with zero attached hydrogens (tertiary/aromatic N) is 3. The van der Waals surface area contributed by atoms with E-state index in [0.29, 0.717) is 24.6 Å². The first-order valence-corrected chi connectivity index (χ1v) is 7.76. The van der Waals surface area contributed by atoms with E-state index in [0.717, 1.165) is 11.3 Å². The maximum Gasteiger partial charge on any atom is 0.269 e. The SMILES string of the molecule is Cc1cc(NCC(C)(C)CCO)nc(-c2ccc([N+](=O)[O-])cc2)n1. The number of aliphatic hydroxyl groups is 1. The van der Waals surface area contributed by atoms with Crippen LogP contribution in [0.1, 0.15) is 26.0 Å². The van der Waals surface area contributed by atoms with Gasteiger partial charge in [0, 0.05) is 42.6 Å². The van der Waals surface area contributed by atoms with Crippen molar-refractivity contribution in [2.75, 3.05) is 18.5 Å². The molecule has 128 valence electrons. The molecule has 0 unspecified atom stereocenters. The summed E-state index contributed by atoms with van der Waals surface area (Å²) in [7, 11) is 0. The molecule has 1 aromatic heterocycles. The standard InChI is InChI=1S/C17H22N4O3/c1-12-10-15(18-11-17(2,3)8-9-22)20-16(19-12)13-4-6-14(7-5-13)21(23)24/h4-7,10,22H,8-9,11H2,1-3H3,(H,18,19,20). The van der Waals surface area contributed by atoms with Gasteiger partial charge in [-0.05, 0) is 30.9 Å². The first kappa shape index (κ1) is 17.8. The Hall–Kier alpha value is -2.54. The summed E-state index contributed by atoms with van der Waals surface area (Å²) in [6.07, 6.45) is 0.694. The first-order valence-electron chi connectivity index (χ1n) is 7.76. The number of anilines is 1. The predicted octanol–water partition coefficient (Wildman–Crippen LogP) is 3.18. The Labute approximate surface area is 140 Å². The highest BCUT2D eigenvalue weighted by molar-refractivity contribution is 5.59. The molecule has 1 heterocycles. The first-order chi connectivity index (χ1) is 11.3. The van der Waals surface area contributed by atoms with Crippen LogP contribution in [0, 0.1) is 22.5 Å². The van der Waals surface area contributed by atoms with Crippen LogP contribution >= 0.6 is 0 Å². The smallest absolute Gasteiger partial charge is 0.269 e. The molecule has 7 nitrogen and oxygen atoms in total. The number of aliphatic hydroxyl groups excluding tert-OH is 1. The molecular formula is C17H22N4O3. The highest BCUT2D eigenvalue weighted by Gasteiger charge is 2.17. The van der Waals surface area contributed by atoms with Crippen LogP contribution in [-0.2, 0) is 0 Å². The van der Waals surface area contributed by atoms with Crippen molar-refractivity contribution >= 4 is 11.5 Å². The molecule has 2 aromatic rings. The molecule has 2 N–H and O–H groups in total. The quantitative estimate of drug-likeness (QED) is 0.597. The predicted molar refractivity (Wildman–Crippen MR) is 92.8 cm³/mol. The third kappa shape index (κ3) is 4.73. The van der Waals surface area contributed by atoms with Crippen molar-refractivity contribution in [2.45, 2.75) is 27.2 Å². The molecule has 0 amide bonds. The van der Waals surface area contributed by atoms with Crippen LogP contribution in [0.3, 0.4) is 0 Å². The molecule has 0 spiro atoms. The summed E-state index contributed by atoms with van der Waals surface area (Å²) < 4.78 is 0. The molecule has 7 heteroatoms. The Morgan fingerprint density at radius 3 is 2.50 bits per heavy atom. The van der Waals surface area contributed by atoms with Crippen LogP contribution in [0.2, 0.25) is 0 Å². The van der Waals surface area contributed by atoms with E-state index in [1.165, 1.54) is 12.1 Å². The van der Waals surface area contributed by atoms with E-state index in [1.807, 2.05) is 13.0 Å². The number of hydrogen-bond acceptors (Lipinski definition) is 6. The maximum absolute atomic E-state index is 10.7. The monoisotopic (exact) mass is 330 g/mol. The summed E-state index contributed by atoms with van der Waals surface area (Å²) in [5, 5.41) is 23.1. The van der Waals surface area contributed by atoms with E-state index in [-0.39, 0.29) is 17.7 Å². The lowest BCUT2D eigenvalue weighted by molar-refractivity contribution is -0.384. The normalized spacial score (nSPS) is 11.3. The molecular weight excluding hydrogens is 308 g/mol. The number of aryl methyl sites for hydroxylation is 1. The van der Waals surface area contributed by atoms with Crippen molar-refractivity contribution in [3.8, 4) is 11.4 Å². The molecule has 0 radical (unpaired) electrons. The summed E-state index contributed by atoms with van der Waals surface area (Å²) in [6, 6.07) is 8.03. The molecule has 0 bridgehead atoms. The molecule has 0 saturated heterocycles. The van der Waals surface area contributed by atoms with Crippen LogP contribution < -0.4 is 5.32 Å². The van der Waals surface area contributed by atoms with E-state index in [1.54, 1.807) is 12.1 Å². The lowest BCUT2D eigenvalue weighted by Gasteiger charge is -2.24. The van der Waals surface area contributed by atoms with Crippen molar-refractivity contribution in [1.29, 1.82) is 0 Å². The van der Waals surface area contributed by atoms with Gasteiger partial charge in [0.15, 0.2) is 5.82 Å². The van der Waals surface area contributed by atoms with E-state index >= 15 is 0 Å². The van der Waals surface area contributed by atoms with Crippen molar-refractivity contribution in [2.24, 2.45) is 5.41 Å². The Morgan fingerprint density at radius 2 is 1.92 bits per heavy atom. The number of hydrogen-bond donors (Lipinski definition) is 2. The molecule has 1 aromatic carbocycles. The molecule has 0 aliphatic heterocycles. The number of non-ortho nitro benzene ring substituents is 1. The maximum atomic E-state index is 10.7. The van der Waals surface area contributed by atoms with E-state index in [2.05, 4.69) is 29.1 Å². The number of aromatic nitrogens is 2. The topological polar surface area (TPSA) is 101 Å². The van der Waals surface area contributed by atoms with Crippen molar-refractivity contribution in [3.63, 3.8) is 0 Å². The Kier molecular flexibility index (Phi) is 5.46. The second kappa shape index (κ2) is 7.35. The zero-order valence-electron chi connectivity index (χ0n) is 14.1. The molecule has 0 atom stereocenters. The minimum absolute atomic E-state index is 0.0375. The van der Waals surface area contributed by atoms with Crippen LogP contribution in [0.5, 0.6) is 0 Å². The molecule has 0 aliphatic carbocycles. The van der Waals surface area contributed by atoms with Gasteiger partial charge in [-0.2, -0.15) is 0 Å². The van der Waals surface area contributed by atoms with Crippen LogP contribution in [0.4, 0.5) is 11.5 Å². The van der Waals surface area contributed by atoms with Crippen LogP contribution in [-0.4, -0.2) is 33.1 Å². The van der Waals surface area contributed by atoms with Gasteiger partial charge in [-0.25, -0.2) is 9.97 Å². The van der Waals surface area contributed by atoms with E-state index in [4.69, 9.17) is 5.11 Å². The van der Waals surface area contributed by atoms with Crippen molar-refractivity contribution < 1.29 is 10.0 Å². The lowest BCUT2D eigenvalue weighted by Crippen LogP contribution is -2.24. The molecule has 2 rings (SSSR count). The Morgan fingerprint density at radius 1 is 1.25 bits per heavy atom. The Bertz CT molecular complexity index is 714. The molecule has 0 aliphatic rings. The highest BCUT2D eigenvalue weighted by Crippen LogP contribution is 2.23. The van der Waals surface area contributed by atoms with Gasteiger partial charge in [0.2, 0.25) is 0 Å². The summed E-state index contributed by atoms with van der Waals surface area (Å²) >= 11 is 0. The molecule has 0 fully saturated rings. The highest BCUT2D eigenvalue weighted by atomic mass is 16.6. The molecule has 0 saturated carbocycles. The third-order valence-electron chi connectivity index (χ3n) is 3.73. The largest absolute Gasteiger partial charge is 0.396 e. The number of nitrogens with one attached hydrogen (secondary N) is 1. The van der Waals surface area contributed by atoms with Gasteiger partial charge in [0.05, 0.1) is 4.92 Å². The van der Waals surface area contributed by atoms with Gasteiger partial charge in [-0.15, -0.1) is 0 Å². The second-order valence-corrected chi connectivity index (χ2v) is 6.51. The van der Waals surface area contributed by atoms with Crippen molar-refractivity contribution in [1.82, 2.24) is 9.97 Å². The minimum Gasteiger partial charge on any atom is -0.396 e. The summed E-state index contributed by atoms with van der Waals surface area (Å²) in [4.78, 5) is 19.2. The summed E-state index contributed by atoms with van der Waals surface area (Å²) in [5.74, 6) is 1.22. The average molecular weight is 330 g/mol. The van der Waals surface area contributed by atoms with E-state index in [9.17, 15) is 10.1 Å². The summed E-state index contributed by atoms with van der Waals surface area (Å²) in [6.45, 7) is 6.83. The van der Waals surface area contributed by atoms with E-state index < -0.39 is 4.92 Å².